The molecule has 0 aromatic heterocycles. The number of para-hydroxylation sites is 2. The van der Waals surface area contributed by atoms with Gasteiger partial charge in [0.1, 0.15) is 12.4 Å². The summed E-state index contributed by atoms with van der Waals surface area (Å²) in [4.78, 5) is -0.0666. The zero-order valence-corrected chi connectivity index (χ0v) is 13.5. The van der Waals surface area contributed by atoms with E-state index in [0.717, 1.165) is 17.0 Å². The molecule has 1 aliphatic heterocycles. The van der Waals surface area contributed by atoms with Crippen molar-refractivity contribution in [2.75, 3.05) is 18.5 Å². The van der Waals surface area contributed by atoms with Gasteiger partial charge < -0.3 is 15.2 Å². The first-order chi connectivity index (χ1) is 10.9. The second-order valence-corrected chi connectivity index (χ2v) is 6.54. The lowest BCUT2D eigenvalue weighted by atomic mass is 10.2. The van der Waals surface area contributed by atoms with Gasteiger partial charge in [-0.2, -0.15) is 8.42 Å². The molecule has 1 aliphatic rings. The molecule has 0 saturated carbocycles. The lowest BCUT2D eigenvalue weighted by Gasteiger charge is -2.25. The van der Waals surface area contributed by atoms with Crippen LogP contribution >= 0.6 is 0 Å². The van der Waals surface area contributed by atoms with Gasteiger partial charge in [0, 0.05) is 0 Å². The highest BCUT2D eigenvalue weighted by molar-refractivity contribution is 7.85. The molecule has 3 rings (SSSR count). The molecule has 0 saturated heterocycles. The van der Waals surface area contributed by atoms with Gasteiger partial charge in [-0.1, -0.05) is 29.8 Å². The zero-order valence-electron chi connectivity index (χ0n) is 12.6. The van der Waals surface area contributed by atoms with E-state index in [1.165, 1.54) is 12.1 Å². The summed E-state index contributed by atoms with van der Waals surface area (Å²) in [7, 11) is -4.02. The normalized spacial score (nSPS) is 16.2. The Labute approximate surface area is 135 Å². The number of fused-ring (bicyclic) bond motifs is 1. The van der Waals surface area contributed by atoms with Gasteiger partial charge in [0.2, 0.25) is 0 Å². The molecule has 0 radical (unpaired) electrons. The Balaban J connectivity index is 0.000000168. The first kappa shape index (κ1) is 17.3. The SMILES string of the molecule is Cc1ccc(S(=O)(=O)O)cc1.OCC1COc2ccccc2N1. The summed E-state index contributed by atoms with van der Waals surface area (Å²) in [6.07, 6.45) is 0. The van der Waals surface area contributed by atoms with Crippen molar-refractivity contribution in [2.45, 2.75) is 17.9 Å². The second kappa shape index (κ2) is 7.45. The number of aliphatic hydroxyl groups excluding tert-OH is 1. The summed E-state index contributed by atoms with van der Waals surface area (Å²) >= 11 is 0. The van der Waals surface area contributed by atoms with Crippen molar-refractivity contribution >= 4 is 15.8 Å². The lowest BCUT2D eigenvalue weighted by molar-refractivity contribution is 0.207. The van der Waals surface area contributed by atoms with Crippen LogP contribution in [0.3, 0.4) is 0 Å². The Morgan fingerprint density at radius 3 is 2.43 bits per heavy atom. The predicted molar refractivity (Wildman–Crippen MR) is 87.4 cm³/mol. The minimum atomic E-state index is -4.02. The minimum Gasteiger partial charge on any atom is -0.489 e. The van der Waals surface area contributed by atoms with Gasteiger partial charge in [0.15, 0.2) is 0 Å². The molecule has 0 aliphatic carbocycles. The number of aliphatic hydroxyl groups is 1. The summed E-state index contributed by atoms with van der Waals surface area (Å²) in [5.74, 6) is 0.863. The van der Waals surface area contributed by atoms with Gasteiger partial charge in [0.25, 0.3) is 10.1 Å². The highest BCUT2D eigenvalue weighted by atomic mass is 32.2. The second-order valence-electron chi connectivity index (χ2n) is 5.12. The first-order valence-corrected chi connectivity index (χ1v) is 8.47. The van der Waals surface area contributed by atoms with E-state index < -0.39 is 10.1 Å². The Morgan fingerprint density at radius 2 is 1.83 bits per heavy atom. The predicted octanol–water partition coefficient (Wildman–Crippen LogP) is 2.09. The molecule has 0 bridgehead atoms. The fraction of sp³-hybridized carbons (Fsp3) is 0.250. The standard InChI is InChI=1S/C9H11NO2.C7H8O3S/c11-5-7-6-12-9-4-2-1-3-8(9)10-7;1-6-2-4-7(5-3-6)11(8,9)10/h1-4,7,10-11H,5-6H2;2-5H,1H3,(H,8,9,10). The number of benzene rings is 2. The average Bonchev–Trinajstić information content (AvgIpc) is 2.54. The number of hydrogen-bond donors (Lipinski definition) is 3. The number of ether oxygens (including phenoxy) is 1. The van der Waals surface area contributed by atoms with Crippen LogP contribution in [-0.4, -0.2) is 37.3 Å². The molecule has 124 valence electrons. The van der Waals surface area contributed by atoms with Gasteiger partial charge in [-0.15, -0.1) is 0 Å². The van der Waals surface area contributed by atoms with Crippen LogP contribution in [-0.2, 0) is 10.1 Å². The molecule has 0 spiro atoms. The van der Waals surface area contributed by atoms with E-state index in [2.05, 4.69) is 5.32 Å². The summed E-state index contributed by atoms with van der Waals surface area (Å²) in [6.45, 7) is 2.48. The van der Waals surface area contributed by atoms with Crippen LogP contribution in [0.15, 0.2) is 53.4 Å². The maximum atomic E-state index is 10.5. The van der Waals surface area contributed by atoms with Crippen LogP contribution in [0.5, 0.6) is 5.75 Å². The van der Waals surface area contributed by atoms with Crippen molar-refractivity contribution < 1.29 is 22.8 Å². The largest absolute Gasteiger partial charge is 0.489 e. The summed E-state index contributed by atoms with van der Waals surface area (Å²) < 4.78 is 35.0. The Hall–Kier alpha value is -2.09. The molecule has 6 nitrogen and oxygen atoms in total. The molecule has 1 heterocycles. The van der Waals surface area contributed by atoms with E-state index in [4.69, 9.17) is 14.4 Å². The van der Waals surface area contributed by atoms with E-state index in [9.17, 15) is 8.42 Å². The third-order valence-corrected chi connectivity index (χ3v) is 4.09. The quantitative estimate of drug-likeness (QED) is 0.726. The fourth-order valence-electron chi connectivity index (χ4n) is 1.97. The van der Waals surface area contributed by atoms with E-state index in [-0.39, 0.29) is 17.5 Å². The molecular formula is C16H19NO5S. The third kappa shape index (κ3) is 4.95. The molecule has 3 N–H and O–H groups in total. The Morgan fingerprint density at radius 1 is 1.17 bits per heavy atom. The molecular weight excluding hydrogens is 318 g/mol. The van der Waals surface area contributed by atoms with E-state index in [1.54, 1.807) is 12.1 Å². The number of aryl methyl sites for hydroxylation is 1. The monoisotopic (exact) mass is 337 g/mol. The van der Waals surface area contributed by atoms with Crippen LogP contribution in [0.4, 0.5) is 5.69 Å². The van der Waals surface area contributed by atoms with Crippen molar-refractivity contribution in [1.29, 1.82) is 0 Å². The molecule has 2 aromatic rings. The van der Waals surface area contributed by atoms with Crippen LogP contribution < -0.4 is 10.1 Å². The van der Waals surface area contributed by atoms with Crippen LogP contribution in [0.1, 0.15) is 5.56 Å². The van der Waals surface area contributed by atoms with Crippen molar-refractivity contribution in [2.24, 2.45) is 0 Å². The van der Waals surface area contributed by atoms with Gasteiger partial charge >= 0.3 is 0 Å². The van der Waals surface area contributed by atoms with Crippen molar-refractivity contribution in [3.8, 4) is 5.75 Å². The summed E-state index contributed by atoms with van der Waals surface area (Å²) in [5.41, 5.74) is 1.92. The molecule has 7 heteroatoms. The van der Waals surface area contributed by atoms with E-state index >= 15 is 0 Å². The lowest BCUT2D eigenvalue weighted by Crippen LogP contribution is -2.34. The van der Waals surface area contributed by atoms with Gasteiger partial charge in [-0.3, -0.25) is 4.55 Å². The molecule has 2 aromatic carbocycles. The van der Waals surface area contributed by atoms with Gasteiger partial charge in [-0.25, -0.2) is 0 Å². The van der Waals surface area contributed by atoms with Crippen LogP contribution in [0, 0.1) is 6.92 Å². The fourth-order valence-corrected chi connectivity index (χ4v) is 2.45. The van der Waals surface area contributed by atoms with Gasteiger partial charge in [0.05, 0.1) is 23.2 Å². The number of hydrogen-bond acceptors (Lipinski definition) is 5. The van der Waals surface area contributed by atoms with Crippen molar-refractivity contribution in [3.63, 3.8) is 0 Å². The zero-order chi connectivity index (χ0) is 16.9. The van der Waals surface area contributed by atoms with Gasteiger partial charge in [-0.05, 0) is 31.2 Å². The Bertz CT molecular complexity index is 743. The van der Waals surface area contributed by atoms with Crippen LogP contribution in [0.2, 0.25) is 0 Å². The van der Waals surface area contributed by atoms with E-state index in [1.807, 2.05) is 31.2 Å². The smallest absolute Gasteiger partial charge is 0.294 e. The minimum absolute atomic E-state index is 0.0277. The molecule has 1 atom stereocenters. The third-order valence-electron chi connectivity index (χ3n) is 3.23. The summed E-state index contributed by atoms with van der Waals surface area (Å²) in [5, 5.41) is 12.0. The van der Waals surface area contributed by atoms with Crippen molar-refractivity contribution in [1.82, 2.24) is 0 Å². The molecule has 0 amide bonds. The van der Waals surface area contributed by atoms with Crippen LogP contribution in [0.25, 0.3) is 0 Å². The molecule has 0 fully saturated rings. The topological polar surface area (TPSA) is 95.9 Å². The molecule has 1 unspecified atom stereocenters. The highest BCUT2D eigenvalue weighted by Crippen LogP contribution is 2.27. The molecule has 23 heavy (non-hydrogen) atoms. The summed E-state index contributed by atoms with van der Waals surface area (Å²) in [6, 6.07) is 13.7. The first-order valence-electron chi connectivity index (χ1n) is 7.03. The highest BCUT2D eigenvalue weighted by Gasteiger charge is 2.16. The number of anilines is 1. The Kier molecular flexibility index (Phi) is 5.59. The average molecular weight is 337 g/mol. The number of nitrogens with one attached hydrogen (secondary N) is 1. The van der Waals surface area contributed by atoms with Crippen molar-refractivity contribution in [3.05, 3.63) is 54.1 Å². The maximum Gasteiger partial charge on any atom is 0.294 e. The number of rotatable bonds is 2. The maximum absolute atomic E-state index is 10.5. The van der Waals surface area contributed by atoms with E-state index in [0.29, 0.717) is 6.61 Å².